The first-order valence-electron chi connectivity index (χ1n) is 4.16. The largest absolute Gasteiger partial charge is 0.299 e. The first-order valence-corrected chi connectivity index (χ1v) is 6.02. The van der Waals surface area contributed by atoms with E-state index in [0.29, 0.717) is 5.02 Å². The Morgan fingerprint density at radius 3 is 2.67 bits per heavy atom. The van der Waals surface area contributed by atoms with Gasteiger partial charge in [0.05, 0.1) is 11.4 Å². The Labute approximate surface area is 93.3 Å². The van der Waals surface area contributed by atoms with Crippen LogP contribution in [0.15, 0.2) is 29.2 Å². The number of benzene rings is 1. The lowest BCUT2D eigenvalue weighted by molar-refractivity contribution is -0.115. The fraction of sp³-hybridized carbons (Fsp3) is 0.222. The molecule has 1 aromatic carbocycles. The Balaban J connectivity index is 2.91. The van der Waals surface area contributed by atoms with Crippen molar-refractivity contribution in [1.82, 2.24) is 4.72 Å². The molecular formula is C9H10ClNO3S. The van der Waals surface area contributed by atoms with Gasteiger partial charge in [-0.1, -0.05) is 17.7 Å². The Hall–Kier alpha value is -0.910. The second kappa shape index (κ2) is 4.74. The van der Waals surface area contributed by atoms with Crippen LogP contribution in [0, 0.1) is 0 Å². The number of nitrogens with one attached hydrogen (secondary N) is 1. The molecule has 0 amide bonds. The summed E-state index contributed by atoms with van der Waals surface area (Å²) in [7, 11) is -3.63. The maximum absolute atomic E-state index is 11.6. The topological polar surface area (TPSA) is 63.2 Å². The van der Waals surface area contributed by atoms with Gasteiger partial charge in [-0.2, -0.15) is 0 Å². The maximum Gasteiger partial charge on any atom is 0.241 e. The summed E-state index contributed by atoms with van der Waals surface area (Å²) in [6.45, 7) is 1.09. The minimum atomic E-state index is -3.63. The molecule has 1 N–H and O–H groups in total. The molecule has 82 valence electrons. The second-order valence-electron chi connectivity index (χ2n) is 2.98. The number of sulfonamides is 1. The van der Waals surface area contributed by atoms with Gasteiger partial charge in [-0.3, -0.25) is 4.79 Å². The van der Waals surface area contributed by atoms with Crippen LogP contribution in [0.4, 0.5) is 0 Å². The molecule has 0 aromatic heterocycles. The average Bonchev–Trinajstić information content (AvgIpc) is 2.15. The number of Topliss-reactive ketones (excluding diaryl/α,β-unsaturated/α-hetero) is 1. The molecule has 0 saturated heterocycles. The van der Waals surface area contributed by atoms with Crippen molar-refractivity contribution in [3.8, 4) is 0 Å². The van der Waals surface area contributed by atoms with E-state index in [9.17, 15) is 13.2 Å². The van der Waals surface area contributed by atoms with Crippen LogP contribution in [0.25, 0.3) is 0 Å². The molecule has 0 unspecified atom stereocenters. The predicted octanol–water partition coefficient (Wildman–Crippen LogP) is 1.21. The third-order valence-electron chi connectivity index (χ3n) is 1.62. The van der Waals surface area contributed by atoms with E-state index in [0.717, 1.165) is 0 Å². The van der Waals surface area contributed by atoms with E-state index >= 15 is 0 Å². The molecule has 0 aliphatic carbocycles. The third-order valence-corrected chi connectivity index (χ3v) is 3.25. The Kier molecular flexibility index (Phi) is 3.84. The molecule has 4 nitrogen and oxygen atoms in total. The van der Waals surface area contributed by atoms with Gasteiger partial charge in [0, 0.05) is 5.02 Å². The first-order chi connectivity index (χ1) is 6.92. The summed E-state index contributed by atoms with van der Waals surface area (Å²) in [5.74, 6) is -0.249. The van der Waals surface area contributed by atoms with Crippen molar-refractivity contribution in [3.63, 3.8) is 0 Å². The van der Waals surface area contributed by atoms with Gasteiger partial charge >= 0.3 is 0 Å². The van der Waals surface area contributed by atoms with E-state index in [4.69, 9.17) is 11.6 Å². The highest BCUT2D eigenvalue weighted by Gasteiger charge is 2.14. The lowest BCUT2D eigenvalue weighted by Crippen LogP contribution is -2.28. The molecule has 0 atom stereocenters. The van der Waals surface area contributed by atoms with Crippen molar-refractivity contribution < 1.29 is 13.2 Å². The number of hydrogen-bond acceptors (Lipinski definition) is 3. The summed E-state index contributed by atoms with van der Waals surface area (Å²) in [5, 5.41) is 0.334. The van der Waals surface area contributed by atoms with Crippen molar-refractivity contribution >= 4 is 27.4 Å². The number of rotatable bonds is 4. The van der Waals surface area contributed by atoms with Gasteiger partial charge in [-0.25, -0.2) is 13.1 Å². The van der Waals surface area contributed by atoms with Crippen LogP contribution in [0.1, 0.15) is 6.92 Å². The quantitative estimate of drug-likeness (QED) is 0.870. The van der Waals surface area contributed by atoms with Gasteiger partial charge in [0.1, 0.15) is 5.78 Å². The molecule has 15 heavy (non-hydrogen) atoms. The fourth-order valence-corrected chi connectivity index (χ4v) is 2.27. The van der Waals surface area contributed by atoms with Crippen LogP contribution in [-0.4, -0.2) is 20.7 Å². The van der Waals surface area contributed by atoms with E-state index < -0.39 is 10.0 Å². The summed E-state index contributed by atoms with van der Waals surface area (Å²) < 4.78 is 25.3. The molecule has 1 aromatic rings. The second-order valence-corrected chi connectivity index (χ2v) is 5.19. The highest BCUT2D eigenvalue weighted by molar-refractivity contribution is 7.89. The number of carbonyl (C=O) groups is 1. The molecule has 0 spiro atoms. The summed E-state index contributed by atoms with van der Waals surface area (Å²) in [5.41, 5.74) is 0. The van der Waals surface area contributed by atoms with Gasteiger partial charge < -0.3 is 0 Å². The minimum Gasteiger partial charge on any atom is -0.299 e. The van der Waals surface area contributed by atoms with E-state index in [1.165, 1.54) is 25.1 Å². The minimum absolute atomic E-state index is 0.0521. The van der Waals surface area contributed by atoms with Crippen LogP contribution in [0.3, 0.4) is 0 Å². The van der Waals surface area contributed by atoms with E-state index in [1.807, 2.05) is 0 Å². The van der Waals surface area contributed by atoms with Gasteiger partial charge in [0.2, 0.25) is 10.0 Å². The number of halogens is 1. The molecule has 0 heterocycles. The molecule has 0 fully saturated rings. The molecule has 1 rings (SSSR count). The highest BCUT2D eigenvalue weighted by atomic mass is 35.5. The van der Waals surface area contributed by atoms with Crippen molar-refractivity contribution in [1.29, 1.82) is 0 Å². The van der Waals surface area contributed by atoms with Crippen LogP contribution in [-0.2, 0) is 14.8 Å². The van der Waals surface area contributed by atoms with E-state index in [-0.39, 0.29) is 17.2 Å². The molecule has 0 aliphatic rings. The summed E-state index contributed by atoms with van der Waals surface area (Å²) in [6, 6.07) is 5.84. The standard InChI is InChI=1S/C9H10ClNO3S/c1-7(12)6-11-15(13,14)9-4-2-3-8(10)5-9/h2-5,11H,6H2,1H3. The monoisotopic (exact) mass is 247 g/mol. The Bertz CT molecular complexity index is 470. The summed E-state index contributed by atoms with van der Waals surface area (Å²) in [6.07, 6.45) is 0. The highest BCUT2D eigenvalue weighted by Crippen LogP contribution is 2.14. The van der Waals surface area contributed by atoms with Crippen LogP contribution < -0.4 is 4.72 Å². The van der Waals surface area contributed by atoms with Crippen molar-refractivity contribution in [2.45, 2.75) is 11.8 Å². The average molecular weight is 248 g/mol. The van der Waals surface area contributed by atoms with E-state index in [1.54, 1.807) is 6.07 Å². The third kappa shape index (κ3) is 3.62. The van der Waals surface area contributed by atoms with E-state index in [2.05, 4.69) is 4.72 Å². The molecule has 0 bridgehead atoms. The molecule has 0 saturated carbocycles. The molecule has 0 radical (unpaired) electrons. The Morgan fingerprint density at radius 1 is 1.47 bits per heavy atom. The number of hydrogen-bond donors (Lipinski definition) is 1. The van der Waals surface area contributed by atoms with Gasteiger partial charge in [0.25, 0.3) is 0 Å². The Morgan fingerprint density at radius 2 is 2.13 bits per heavy atom. The van der Waals surface area contributed by atoms with Crippen molar-refractivity contribution in [3.05, 3.63) is 29.3 Å². The molecule has 6 heteroatoms. The van der Waals surface area contributed by atoms with Crippen molar-refractivity contribution in [2.24, 2.45) is 0 Å². The summed E-state index contributed by atoms with van der Waals surface area (Å²) >= 11 is 5.65. The lowest BCUT2D eigenvalue weighted by atomic mass is 10.4. The number of ketones is 1. The van der Waals surface area contributed by atoms with Gasteiger partial charge in [0.15, 0.2) is 0 Å². The zero-order valence-electron chi connectivity index (χ0n) is 8.03. The van der Waals surface area contributed by atoms with Crippen molar-refractivity contribution in [2.75, 3.05) is 6.54 Å². The lowest BCUT2D eigenvalue weighted by Gasteiger charge is -2.04. The first kappa shape index (κ1) is 12.2. The van der Waals surface area contributed by atoms with Gasteiger partial charge in [-0.15, -0.1) is 0 Å². The van der Waals surface area contributed by atoms with Gasteiger partial charge in [-0.05, 0) is 25.1 Å². The molecular weight excluding hydrogens is 238 g/mol. The zero-order valence-corrected chi connectivity index (χ0v) is 9.60. The zero-order chi connectivity index (χ0) is 11.5. The SMILES string of the molecule is CC(=O)CNS(=O)(=O)c1cccc(Cl)c1. The smallest absolute Gasteiger partial charge is 0.241 e. The maximum atomic E-state index is 11.6. The predicted molar refractivity (Wildman–Crippen MR) is 57.3 cm³/mol. The molecule has 0 aliphatic heterocycles. The van der Waals surface area contributed by atoms with Crippen LogP contribution in [0.5, 0.6) is 0 Å². The van der Waals surface area contributed by atoms with Crippen LogP contribution in [0.2, 0.25) is 5.02 Å². The fourth-order valence-electron chi connectivity index (χ4n) is 0.914. The van der Waals surface area contributed by atoms with Crippen LogP contribution >= 0.6 is 11.6 Å². The normalized spacial score (nSPS) is 11.3. The summed E-state index contributed by atoms with van der Waals surface area (Å²) in [4.78, 5) is 10.7. The number of carbonyl (C=O) groups excluding carboxylic acids is 1.